The number of aliphatic imine (C=N–C) groups is 1. The van der Waals surface area contributed by atoms with Crippen LogP contribution < -0.4 is 5.32 Å². The minimum absolute atomic E-state index is 0.238. The molecular weight excluding hydrogens is 343 g/mol. The Morgan fingerprint density at radius 3 is 2.35 bits per heavy atom. The van der Waals surface area contributed by atoms with Gasteiger partial charge in [0.25, 0.3) is 0 Å². The van der Waals surface area contributed by atoms with Crippen molar-refractivity contribution in [1.82, 2.24) is 4.90 Å². The molecule has 1 N–H and O–H groups in total. The summed E-state index contributed by atoms with van der Waals surface area (Å²) >= 11 is 12.4. The first kappa shape index (κ1) is 17.5. The first-order chi connectivity index (χ1) is 10.9. The van der Waals surface area contributed by atoms with Gasteiger partial charge in [0.05, 0.1) is 27.8 Å². The Kier molecular flexibility index (Phi) is 5.80. The van der Waals surface area contributed by atoms with E-state index in [1.165, 1.54) is 0 Å². The highest BCUT2D eigenvalue weighted by Gasteiger charge is 2.09. The van der Waals surface area contributed by atoms with Gasteiger partial charge in [-0.1, -0.05) is 23.2 Å². The summed E-state index contributed by atoms with van der Waals surface area (Å²) < 4.78 is 26.4. The number of nitrogens with one attached hydrogen (secondary N) is 1. The fourth-order valence-corrected chi connectivity index (χ4v) is 2.17. The summed E-state index contributed by atoms with van der Waals surface area (Å²) in [5, 5.41) is 3.55. The molecule has 0 aliphatic heterocycles. The molecule has 0 amide bonds. The number of halogens is 4. The number of rotatable bonds is 5. The van der Waals surface area contributed by atoms with E-state index in [1.807, 2.05) is 18.9 Å². The molecule has 0 unspecified atom stereocenters. The lowest BCUT2D eigenvalue weighted by Crippen LogP contribution is -2.14. The number of anilines is 2. The molecule has 0 aliphatic carbocycles. The van der Waals surface area contributed by atoms with Crippen LogP contribution in [0.5, 0.6) is 0 Å². The summed E-state index contributed by atoms with van der Waals surface area (Å²) in [4.78, 5) is 6.13. The SMILES string of the molecule is CCN(C)/C=N\c1cc(Cl)c(Nc2cc(F)cc(F)c2)cc1Cl. The average molecular weight is 358 g/mol. The molecule has 0 saturated heterocycles. The summed E-state index contributed by atoms with van der Waals surface area (Å²) in [6.45, 7) is 2.80. The highest BCUT2D eigenvalue weighted by Crippen LogP contribution is 2.35. The molecule has 0 aromatic heterocycles. The molecule has 2 aromatic rings. The third kappa shape index (κ3) is 4.81. The van der Waals surface area contributed by atoms with E-state index in [1.54, 1.807) is 18.5 Å². The highest BCUT2D eigenvalue weighted by atomic mass is 35.5. The first-order valence-electron chi connectivity index (χ1n) is 6.85. The van der Waals surface area contributed by atoms with Gasteiger partial charge in [-0.3, -0.25) is 0 Å². The largest absolute Gasteiger partial charge is 0.366 e. The minimum atomic E-state index is -0.682. The molecule has 0 spiro atoms. The third-order valence-corrected chi connectivity index (χ3v) is 3.69. The number of hydrogen-bond acceptors (Lipinski definition) is 2. The molecule has 0 radical (unpaired) electrons. The predicted octanol–water partition coefficient (Wildman–Crippen LogP) is 5.63. The predicted molar refractivity (Wildman–Crippen MR) is 92.6 cm³/mol. The first-order valence-corrected chi connectivity index (χ1v) is 7.61. The maximum atomic E-state index is 13.2. The van der Waals surface area contributed by atoms with Crippen LogP contribution in [0, 0.1) is 11.6 Å². The van der Waals surface area contributed by atoms with Gasteiger partial charge >= 0.3 is 0 Å². The quantitative estimate of drug-likeness (QED) is 0.554. The normalized spacial score (nSPS) is 11.0. The molecule has 2 aromatic carbocycles. The van der Waals surface area contributed by atoms with Gasteiger partial charge in [-0.2, -0.15) is 0 Å². The summed E-state index contributed by atoms with van der Waals surface area (Å²) in [6.07, 6.45) is 1.65. The number of hydrogen-bond donors (Lipinski definition) is 1. The van der Waals surface area contributed by atoms with E-state index >= 15 is 0 Å². The Balaban J connectivity index is 2.27. The van der Waals surface area contributed by atoms with Gasteiger partial charge in [-0.05, 0) is 31.2 Å². The monoisotopic (exact) mass is 357 g/mol. The summed E-state index contributed by atoms with van der Waals surface area (Å²) in [6, 6.07) is 6.26. The van der Waals surface area contributed by atoms with Crippen LogP contribution in [0.25, 0.3) is 0 Å². The molecule has 7 heteroatoms. The van der Waals surface area contributed by atoms with Crippen LogP contribution in [-0.2, 0) is 0 Å². The molecule has 0 saturated carbocycles. The Hall–Kier alpha value is -1.85. The van der Waals surface area contributed by atoms with Crippen LogP contribution in [0.1, 0.15) is 6.92 Å². The van der Waals surface area contributed by atoms with Crippen molar-refractivity contribution in [2.45, 2.75) is 6.92 Å². The van der Waals surface area contributed by atoms with Gasteiger partial charge < -0.3 is 10.2 Å². The van der Waals surface area contributed by atoms with Gasteiger partial charge in [-0.25, -0.2) is 13.8 Å². The fourth-order valence-electron chi connectivity index (χ4n) is 1.75. The lowest BCUT2D eigenvalue weighted by molar-refractivity contribution is 0.552. The molecule has 0 atom stereocenters. The molecular formula is C16H15Cl2F2N3. The van der Waals surface area contributed by atoms with Crippen LogP contribution in [0.4, 0.5) is 25.8 Å². The zero-order valence-corrected chi connectivity index (χ0v) is 14.1. The third-order valence-electron chi connectivity index (χ3n) is 3.07. The second-order valence-corrected chi connectivity index (χ2v) is 5.70. The van der Waals surface area contributed by atoms with Gasteiger partial charge in [-0.15, -0.1) is 0 Å². The number of nitrogens with zero attached hydrogens (tertiary/aromatic N) is 2. The second kappa shape index (κ2) is 7.62. The number of benzene rings is 2. The maximum Gasteiger partial charge on any atom is 0.128 e. The van der Waals surface area contributed by atoms with Crippen molar-refractivity contribution in [3.8, 4) is 0 Å². The Labute approximate surface area is 143 Å². The summed E-state index contributed by atoms with van der Waals surface area (Å²) in [7, 11) is 1.88. The van der Waals surface area contributed by atoms with Crippen LogP contribution >= 0.6 is 23.2 Å². The molecule has 122 valence electrons. The molecule has 0 aliphatic rings. The van der Waals surface area contributed by atoms with Crippen molar-refractivity contribution in [2.24, 2.45) is 4.99 Å². The van der Waals surface area contributed by atoms with Gasteiger partial charge in [0, 0.05) is 25.3 Å². The molecule has 0 heterocycles. The highest BCUT2D eigenvalue weighted by molar-refractivity contribution is 6.37. The Morgan fingerprint density at radius 2 is 1.74 bits per heavy atom. The standard InChI is InChI=1S/C16H15Cl2F2N3/c1-3-23(2)9-21-15-7-14(18)16(8-13(15)17)22-12-5-10(19)4-11(20)6-12/h4-9,22H,3H2,1-2H3/b21-9-. The molecule has 2 rings (SSSR count). The van der Waals surface area contributed by atoms with E-state index in [0.717, 1.165) is 24.7 Å². The van der Waals surface area contributed by atoms with Crippen LogP contribution in [0.15, 0.2) is 35.3 Å². The van der Waals surface area contributed by atoms with Crippen molar-refractivity contribution in [3.05, 3.63) is 52.0 Å². The Morgan fingerprint density at radius 1 is 1.09 bits per heavy atom. The fraction of sp³-hybridized carbons (Fsp3) is 0.188. The van der Waals surface area contributed by atoms with E-state index < -0.39 is 11.6 Å². The molecule has 0 fully saturated rings. The van der Waals surface area contributed by atoms with Crippen molar-refractivity contribution >= 4 is 46.6 Å². The lowest BCUT2D eigenvalue weighted by atomic mass is 10.2. The second-order valence-electron chi connectivity index (χ2n) is 4.88. The van der Waals surface area contributed by atoms with Crippen molar-refractivity contribution in [2.75, 3.05) is 18.9 Å². The Bertz CT molecular complexity index is 715. The average Bonchev–Trinajstić information content (AvgIpc) is 2.47. The van der Waals surface area contributed by atoms with Crippen molar-refractivity contribution in [1.29, 1.82) is 0 Å². The topological polar surface area (TPSA) is 27.6 Å². The zero-order chi connectivity index (χ0) is 17.0. The van der Waals surface area contributed by atoms with E-state index in [4.69, 9.17) is 23.2 Å². The van der Waals surface area contributed by atoms with Crippen LogP contribution in [0.3, 0.4) is 0 Å². The summed E-state index contributed by atoms with van der Waals surface area (Å²) in [5.41, 5.74) is 1.18. The van der Waals surface area contributed by atoms with Crippen LogP contribution in [-0.4, -0.2) is 24.8 Å². The van der Waals surface area contributed by atoms with Gasteiger partial charge in [0.2, 0.25) is 0 Å². The van der Waals surface area contributed by atoms with E-state index in [9.17, 15) is 8.78 Å². The van der Waals surface area contributed by atoms with Gasteiger partial charge in [0.1, 0.15) is 11.6 Å². The van der Waals surface area contributed by atoms with E-state index in [0.29, 0.717) is 21.4 Å². The zero-order valence-electron chi connectivity index (χ0n) is 12.6. The smallest absolute Gasteiger partial charge is 0.128 e. The maximum absolute atomic E-state index is 13.2. The van der Waals surface area contributed by atoms with Crippen molar-refractivity contribution < 1.29 is 8.78 Å². The summed E-state index contributed by atoms with van der Waals surface area (Å²) in [5.74, 6) is -1.36. The molecule has 23 heavy (non-hydrogen) atoms. The molecule has 3 nitrogen and oxygen atoms in total. The van der Waals surface area contributed by atoms with E-state index in [2.05, 4.69) is 10.3 Å². The van der Waals surface area contributed by atoms with Gasteiger partial charge in [0.15, 0.2) is 0 Å². The van der Waals surface area contributed by atoms with E-state index in [-0.39, 0.29) is 5.69 Å². The van der Waals surface area contributed by atoms with Crippen molar-refractivity contribution in [3.63, 3.8) is 0 Å². The lowest BCUT2D eigenvalue weighted by Gasteiger charge is -2.12. The minimum Gasteiger partial charge on any atom is -0.366 e. The van der Waals surface area contributed by atoms with Crippen LogP contribution in [0.2, 0.25) is 10.0 Å². The molecule has 0 bridgehead atoms.